The Morgan fingerprint density at radius 1 is 0.960 bits per heavy atom. The predicted octanol–water partition coefficient (Wildman–Crippen LogP) is 2.10. The maximum absolute atomic E-state index is 12.1. The largest absolute Gasteiger partial charge is 0.309 e. The molecule has 3 rings (SSSR count). The second-order valence-electron chi connectivity index (χ2n) is 5.68. The van der Waals surface area contributed by atoms with Crippen molar-refractivity contribution in [1.29, 1.82) is 0 Å². The molecule has 0 aromatic carbocycles. The molecule has 3 aromatic heterocycles. The fourth-order valence-corrected chi connectivity index (χ4v) is 2.24. The van der Waals surface area contributed by atoms with Gasteiger partial charge in [-0.15, -0.1) is 0 Å². The van der Waals surface area contributed by atoms with E-state index in [2.05, 4.69) is 25.3 Å². The first-order valence-electron chi connectivity index (χ1n) is 7.78. The van der Waals surface area contributed by atoms with E-state index in [1.165, 1.54) is 0 Å². The average molecular weight is 334 g/mol. The summed E-state index contributed by atoms with van der Waals surface area (Å²) in [6, 6.07) is 12.8. The zero-order chi connectivity index (χ0) is 17.6. The molecule has 1 amide bonds. The molecule has 0 spiro atoms. The van der Waals surface area contributed by atoms with Crippen molar-refractivity contribution in [3.8, 4) is 22.9 Å². The van der Waals surface area contributed by atoms with Crippen LogP contribution in [0.25, 0.3) is 22.9 Å². The van der Waals surface area contributed by atoms with Gasteiger partial charge in [0.25, 0.3) is 0 Å². The van der Waals surface area contributed by atoms with E-state index in [0.29, 0.717) is 28.7 Å². The van der Waals surface area contributed by atoms with Crippen LogP contribution in [0.2, 0.25) is 0 Å². The lowest BCUT2D eigenvalue weighted by atomic mass is 10.2. The summed E-state index contributed by atoms with van der Waals surface area (Å²) in [5.74, 6) is 0.703. The highest BCUT2D eigenvalue weighted by atomic mass is 16.2. The molecule has 7 nitrogen and oxygen atoms in total. The van der Waals surface area contributed by atoms with Crippen LogP contribution in [0.3, 0.4) is 0 Å². The maximum Gasteiger partial charge on any atom is 0.239 e. The molecular weight excluding hydrogens is 316 g/mol. The van der Waals surface area contributed by atoms with E-state index in [4.69, 9.17) is 0 Å². The monoisotopic (exact) mass is 334 g/mol. The van der Waals surface area contributed by atoms with E-state index in [-0.39, 0.29) is 12.5 Å². The summed E-state index contributed by atoms with van der Waals surface area (Å²) >= 11 is 0. The van der Waals surface area contributed by atoms with Gasteiger partial charge in [-0.1, -0.05) is 12.1 Å². The van der Waals surface area contributed by atoms with Gasteiger partial charge in [0, 0.05) is 18.5 Å². The number of carbonyl (C=O) groups excluding carboxylic acids is 1. The van der Waals surface area contributed by atoms with Gasteiger partial charge in [0.1, 0.15) is 11.5 Å². The number of rotatable bonds is 5. The molecule has 3 heterocycles. The van der Waals surface area contributed by atoms with Gasteiger partial charge in [-0.05, 0) is 38.4 Å². The summed E-state index contributed by atoms with van der Waals surface area (Å²) in [6.07, 6.45) is 3.37. The summed E-state index contributed by atoms with van der Waals surface area (Å²) < 4.78 is 0. The van der Waals surface area contributed by atoms with E-state index in [0.717, 1.165) is 0 Å². The predicted molar refractivity (Wildman–Crippen MR) is 95.7 cm³/mol. The number of amides is 1. The van der Waals surface area contributed by atoms with Crippen LogP contribution in [-0.2, 0) is 4.79 Å². The van der Waals surface area contributed by atoms with Crippen LogP contribution in [0.15, 0.2) is 54.9 Å². The van der Waals surface area contributed by atoms with Crippen molar-refractivity contribution in [3.05, 3.63) is 54.9 Å². The first-order chi connectivity index (χ1) is 12.1. The Kier molecular flexibility index (Phi) is 5.06. The zero-order valence-electron chi connectivity index (χ0n) is 14.0. The minimum Gasteiger partial charge on any atom is -0.309 e. The molecular formula is C18H18N6O. The second-order valence-corrected chi connectivity index (χ2v) is 5.68. The standard InChI is InChI=1S/C18H18N6O/c1-24(2)12-17(25)22-16-11-15(13-7-3-5-9-19-13)21-18(23-16)14-8-4-6-10-20-14/h3-11H,12H2,1-2H3,(H,21,22,23,25). The fourth-order valence-electron chi connectivity index (χ4n) is 2.24. The lowest BCUT2D eigenvalue weighted by Gasteiger charge is -2.11. The Labute approximate surface area is 145 Å². The summed E-state index contributed by atoms with van der Waals surface area (Å²) in [5, 5.41) is 2.81. The SMILES string of the molecule is CN(C)CC(=O)Nc1cc(-c2ccccn2)nc(-c2ccccn2)n1. The van der Waals surface area contributed by atoms with Crippen molar-refractivity contribution >= 4 is 11.7 Å². The third-order valence-electron chi connectivity index (χ3n) is 3.27. The zero-order valence-corrected chi connectivity index (χ0v) is 14.0. The van der Waals surface area contributed by atoms with Crippen LogP contribution in [0, 0.1) is 0 Å². The fraction of sp³-hybridized carbons (Fsp3) is 0.167. The van der Waals surface area contributed by atoms with Crippen molar-refractivity contribution in [2.75, 3.05) is 26.0 Å². The molecule has 7 heteroatoms. The minimum atomic E-state index is -0.150. The molecule has 3 aromatic rings. The Balaban J connectivity index is 2.01. The van der Waals surface area contributed by atoms with Crippen LogP contribution in [0.4, 0.5) is 5.82 Å². The molecule has 126 valence electrons. The topological polar surface area (TPSA) is 83.9 Å². The normalized spacial score (nSPS) is 10.7. The molecule has 0 aliphatic carbocycles. The molecule has 0 radical (unpaired) electrons. The Hall–Kier alpha value is -3.19. The molecule has 0 aliphatic rings. The number of hydrogen-bond acceptors (Lipinski definition) is 6. The Bertz CT molecular complexity index is 794. The Morgan fingerprint density at radius 3 is 2.24 bits per heavy atom. The maximum atomic E-state index is 12.1. The second kappa shape index (κ2) is 7.59. The number of nitrogens with zero attached hydrogens (tertiary/aromatic N) is 5. The third kappa shape index (κ3) is 4.42. The van der Waals surface area contributed by atoms with Gasteiger partial charge in [-0.25, -0.2) is 9.97 Å². The first-order valence-corrected chi connectivity index (χ1v) is 7.78. The van der Waals surface area contributed by atoms with Crippen molar-refractivity contribution in [1.82, 2.24) is 24.8 Å². The smallest absolute Gasteiger partial charge is 0.239 e. The van der Waals surface area contributed by atoms with E-state index in [9.17, 15) is 4.79 Å². The highest BCUT2D eigenvalue weighted by molar-refractivity contribution is 5.92. The van der Waals surface area contributed by atoms with Gasteiger partial charge in [0.2, 0.25) is 5.91 Å². The van der Waals surface area contributed by atoms with E-state index >= 15 is 0 Å². The van der Waals surface area contributed by atoms with Crippen LogP contribution in [0.1, 0.15) is 0 Å². The van der Waals surface area contributed by atoms with Crippen LogP contribution < -0.4 is 5.32 Å². The highest BCUT2D eigenvalue weighted by Gasteiger charge is 2.12. The minimum absolute atomic E-state index is 0.150. The van der Waals surface area contributed by atoms with Crippen LogP contribution in [-0.4, -0.2) is 51.4 Å². The number of anilines is 1. The van der Waals surface area contributed by atoms with Gasteiger partial charge in [-0.3, -0.25) is 14.8 Å². The van der Waals surface area contributed by atoms with Crippen LogP contribution >= 0.6 is 0 Å². The average Bonchev–Trinajstić information content (AvgIpc) is 2.62. The molecule has 0 unspecified atom stereocenters. The van der Waals surface area contributed by atoms with E-state index < -0.39 is 0 Å². The number of likely N-dealkylation sites (N-methyl/N-ethyl adjacent to an activating group) is 1. The molecule has 1 N–H and O–H groups in total. The van der Waals surface area contributed by atoms with Crippen molar-refractivity contribution in [2.24, 2.45) is 0 Å². The van der Waals surface area contributed by atoms with E-state index in [1.54, 1.807) is 23.4 Å². The van der Waals surface area contributed by atoms with Gasteiger partial charge < -0.3 is 10.2 Å². The Morgan fingerprint density at radius 2 is 1.64 bits per heavy atom. The van der Waals surface area contributed by atoms with Gasteiger partial charge in [0.05, 0.1) is 17.9 Å². The molecule has 0 aliphatic heterocycles. The third-order valence-corrected chi connectivity index (χ3v) is 3.27. The number of hydrogen-bond donors (Lipinski definition) is 1. The molecule has 0 atom stereocenters. The lowest BCUT2D eigenvalue weighted by molar-refractivity contribution is -0.116. The number of carbonyl (C=O) groups is 1. The van der Waals surface area contributed by atoms with Crippen LogP contribution in [0.5, 0.6) is 0 Å². The summed E-state index contributed by atoms with van der Waals surface area (Å²) in [4.78, 5) is 31.4. The molecule has 0 saturated carbocycles. The first kappa shape index (κ1) is 16.7. The van der Waals surface area contributed by atoms with Crippen molar-refractivity contribution in [2.45, 2.75) is 0 Å². The van der Waals surface area contributed by atoms with Gasteiger partial charge in [0.15, 0.2) is 5.82 Å². The number of aromatic nitrogens is 4. The lowest BCUT2D eigenvalue weighted by Crippen LogP contribution is -2.27. The van der Waals surface area contributed by atoms with Gasteiger partial charge in [-0.2, -0.15) is 0 Å². The molecule has 0 fully saturated rings. The molecule has 0 bridgehead atoms. The number of pyridine rings is 2. The number of nitrogens with one attached hydrogen (secondary N) is 1. The quantitative estimate of drug-likeness (QED) is 0.769. The van der Waals surface area contributed by atoms with Crippen molar-refractivity contribution < 1.29 is 4.79 Å². The van der Waals surface area contributed by atoms with Crippen molar-refractivity contribution in [3.63, 3.8) is 0 Å². The molecule has 0 saturated heterocycles. The summed E-state index contributed by atoms with van der Waals surface area (Å²) in [5.41, 5.74) is 1.95. The summed E-state index contributed by atoms with van der Waals surface area (Å²) in [7, 11) is 3.66. The van der Waals surface area contributed by atoms with E-state index in [1.807, 2.05) is 50.5 Å². The van der Waals surface area contributed by atoms with Gasteiger partial charge >= 0.3 is 0 Å². The summed E-state index contributed by atoms with van der Waals surface area (Å²) in [6.45, 7) is 0.266. The molecule has 25 heavy (non-hydrogen) atoms. The highest BCUT2D eigenvalue weighted by Crippen LogP contribution is 2.21.